The van der Waals surface area contributed by atoms with Gasteiger partial charge in [0.05, 0.1) is 5.52 Å². The lowest BCUT2D eigenvalue weighted by Crippen LogP contribution is -1.94. The SMILES string of the molecule is CC(C)Cc1ccc2[nH]nc(Nc3nccs3)c2c1. The number of thiazole rings is 1. The van der Waals surface area contributed by atoms with E-state index in [-0.39, 0.29) is 0 Å². The van der Waals surface area contributed by atoms with E-state index in [1.807, 2.05) is 5.38 Å². The maximum Gasteiger partial charge on any atom is 0.188 e. The lowest BCUT2D eigenvalue weighted by atomic mass is 10.0. The molecule has 0 fully saturated rings. The van der Waals surface area contributed by atoms with Crippen LogP contribution in [0.5, 0.6) is 0 Å². The van der Waals surface area contributed by atoms with Crippen molar-refractivity contribution in [1.82, 2.24) is 15.2 Å². The molecule has 0 unspecified atom stereocenters. The number of benzene rings is 1. The first-order valence-corrected chi connectivity index (χ1v) is 7.24. The van der Waals surface area contributed by atoms with Gasteiger partial charge in [-0.25, -0.2) is 4.98 Å². The van der Waals surface area contributed by atoms with E-state index in [9.17, 15) is 0 Å². The van der Waals surface area contributed by atoms with E-state index in [1.54, 1.807) is 17.5 Å². The highest BCUT2D eigenvalue weighted by Crippen LogP contribution is 2.26. The maximum absolute atomic E-state index is 4.32. The van der Waals surface area contributed by atoms with E-state index in [0.29, 0.717) is 5.92 Å². The summed E-state index contributed by atoms with van der Waals surface area (Å²) in [6.07, 6.45) is 2.86. The first-order chi connectivity index (χ1) is 9.22. The molecule has 19 heavy (non-hydrogen) atoms. The molecule has 0 saturated carbocycles. The normalized spacial score (nSPS) is 11.3. The molecule has 0 bridgehead atoms. The zero-order valence-corrected chi connectivity index (χ0v) is 11.8. The Bertz CT molecular complexity index is 670. The van der Waals surface area contributed by atoms with E-state index < -0.39 is 0 Å². The predicted molar refractivity (Wildman–Crippen MR) is 80.0 cm³/mol. The third kappa shape index (κ3) is 2.61. The Morgan fingerprint density at radius 2 is 2.26 bits per heavy atom. The third-order valence-corrected chi connectivity index (χ3v) is 3.62. The Morgan fingerprint density at radius 3 is 3.00 bits per heavy atom. The monoisotopic (exact) mass is 272 g/mol. The van der Waals surface area contributed by atoms with Crippen molar-refractivity contribution in [2.45, 2.75) is 20.3 Å². The van der Waals surface area contributed by atoms with Crippen molar-refractivity contribution in [2.24, 2.45) is 5.92 Å². The summed E-state index contributed by atoms with van der Waals surface area (Å²) in [6.45, 7) is 4.46. The molecule has 0 aliphatic rings. The van der Waals surface area contributed by atoms with E-state index >= 15 is 0 Å². The first kappa shape index (κ1) is 12.2. The highest BCUT2D eigenvalue weighted by Gasteiger charge is 2.08. The molecule has 2 aromatic heterocycles. The number of aromatic amines is 1. The highest BCUT2D eigenvalue weighted by molar-refractivity contribution is 7.13. The van der Waals surface area contributed by atoms with Gasteiger partial charge in [0.2, 0.25) is 0 Å². The molecule has 1 aromatic carbocycles. The molecule has 0 aliphatic carbocycles. The van der Waals surface area contributed by atoms with Gasteiger partial charge in [-0.05, 0) is 30.0 Å². The number of hydrogen-bond donors (Lipinski definition) is 2. The minimum Gasteiger partial charge on any atom is -0.314 e. The van der Waals surface area contributed by atoms with Gasteiger partial charge in [0.25, 0.3) is 0 Å². The van der Waals surface area contributed by atoms with Gasteiger partial charge < -0.3 is 5.32 Å². The Balaban J connectivity index is 1.95. The van der Waals surface area contributed by atoms with Gasteiger partial charge in [-0.1, -0.05) is 19.9 Å². The number of nitrogens with zero attached hydrogens (tertiary/aromatic N) is 2. The van der Waals surface area contributed by atoms with Crippen LogP contribution in [0.15, 0.2) is 29.8 Å². The molecule has 0 saturated heterocycles. The average Bonchev–Trinajstić information content (AvgIpc) is 3.00. The minimum atomic E-state index is 0.653. The van der Waals surface area contributed by atoms with Crippen LogP contribution < -0.4 is 5.32 Å². The van der Waals surface area contributed by atoms with Crippen LogP contribution in [0.3, 0.4) is 0 Å². The number of hydrogen-bond acceptors (Lipinski definition) is 4. The molecule has 2 heterocycles. The second-order valence-electron chi connectivity index (χ2n) is 5.01. The van der Waals surface area contributed by atoms with E-state index in [0.717, 1.165) is 28.3 Å². The van der Waals surface area contributed by atoms with Gasteiger partial charge >= 0.3 is 0 Å². The lowest BCUT2D eigenvalue weighted by molar-refractivity contribution is 0.648. The van der Waals surface area contributed by atoms with Crippen LogP contribution in [0.4, 0.5) is 10.9 Å². The van der Waals surface area contributed by atoms with E-state index in [1.165, 1.54) is 5.56 Å². The van der Waals surface area contributed by atoms with Crippen LogP contribution in [0.1, 0.15) is 19.4 Å². The summed E-state index contributed by atoms with van der Waals surface area (Å²) in [5.41, 5.74) is 2.39. The molecule has 0 atom stereocenters. The number of H-pyrrole nitrogens is 1. The third-order valence-electron chi connectivity index (χ3n) is 2.93. The molecule has 0 spiro atoms. The summed E-state index contributed by atoms with van der Waals surface area (Å²) in [6, 6.07) is 6.45. The number of rotatable bonds is 4. The van der Waals surface area contributed by atoms with Crippen LogP contribution in [0, 0.1) is 5.92 Å². The first-order valence-electron chi connectivity index (χ1n) is 6.36. The number of fused-ring (bicyclic) bond motifs is 1. The Hall–Kier alpha value is -1.88. The number of aromatic nitrogens is 3. The molecule has 0 aliphatic heterocycles. The van der Waals surface area contributed by atoms with Crippen molar-refractivity contribution in [1.29, 1.82) is 0 Å². The van der Waals surface area contributed by atoms with Crippen molar-refractivity contribution in [3.8, 4) is 0 Å². The molecular formula is C14H16N4S. The van der Waals surface area contributed by atoms with Crippen molar-refractivity contribution in [2.75, 3.05) is 5.32 Å². The topological polar surface area (TPSA) is 53.6 Å². The van der Waals surface area contributed by atoms with Gasteiger partial charge in [0.15, 0.2) is 10.9 Å². The van der Waals surface area contributed by atoms with Crippen molar-refractivity contribution >= 4 is 33.2 Å². The summed E-state index contributed by atoms with van der Waals surface area (Å²) in [4.78, 5) is 4.22. The molecule has 0 radical (unpaired) electrons. The molecule has 2 N–H and O–H groups in total. The Morgan fingerprint density at radius 1 is 1.37 bits per heavy atom. The van der Waals surface area contributed by atoms with Crippen molar-refractivity contribution in [3.63, 3.8) is 0 Å². The molecule has 3 rings (SSSR count). The van der Waals surface area contributed by atoms with Crippen LogP contribution in [-0.2, 0) is 6.42 Å². The zero-order valence-electron chi connectivity index (χ0n) is 11.0. The molecular weight excluding hydrogens is 256 g/mol. The fraction of sp³-hybridized carbons (Fsp3) is 0.286. The molecule has 0 amide bonds. The fourth-order valence-electron chi connectivity index (χ4n) is 2.14. The van der Waals surface area contributed by atoms with Crippen LogP contribution >= 0.6 is 11.3 Å². The summed E-state index contributed by atoms with van der Waals surface area (Å²) < 4.78 is 0. The predicted octanol–water partition coefficient (Wildman–Crippen LogP) is 3.96. The highest BCUT2D eigenvalue weighted by atomic mass is 32.1. The van der Waals surface area contributed by atoms with Gasteiger partial charge in [-0.15, -0.1) is 11.3 Å². The van der Waals surface area contributed by atoms with E-state index in [2.05, 4.69) is 52.5 Å². The van der Waals surface area contributed by atoms with E-state index in [4.69, 9.17) is 0 Å². The largest absolute Gasteiger partial charge is 0.314 e. The molecule has 4 nitrogen and oxygen atoms in total. The summed E-state index contributed by atoms with van der Waals surface area (Å²) in [5.74, 6) is 1.50. The zero-order chi connectivity index (χ0) is 13.2. The Kier molecular flexibility index (Phi) is 3.21. The number of anilines is 2. The fourth-order valence-corrected chi connectivity index (χ4v) is 2.67. The molecule has 5 heteroatoms. The van der Waals surface area contributed by atoms with Crippen LogP contribution in [0.25, 0.3) is 10.9 Å². The maximum atomic E-state index is 4.32. The van der Waals surface area contributed by atoms with Crippen LogP contribution in [-0.4, -0.2) is 15.2 Å². The Labute approximate surface area is 115 Å². The minimum absolute atomic E-state index is 0.653. The van der Waals surface area contributed by atoms with Gasteiger partial charge in [0.1, 0.15) is 0 Å². The molecule has 98 valence electrons. The summed E-state index contributed by atoms with van der Waals surface area (Å²) in [5, 5.41) is 14.5. The second kappa shape index (κ2) is 5.01. The van der Waals surface area contributed by atoms with Crippen molar-refractivity contribution < 1.29 is 0 Å². The lowest BCUT2D eigenvalue weighted by Gasteiger charge is -2.05. The quantitative estimate of drug-likeness (QED) is 0.755. The second-order valence-corrected chi connectivity index (χ2v) is 5.91. The summed E-state index contributed by atoms with van der Waals surface area (Å²) in [7, 11) is 0. The van der Waals surface area contributed by atoms with Crippen LogP contribution in [0.2, 0.25) is 0 Å². The number of nitrogens with one attached hydrogen (secondary N) is 2. The average molecular weight is 272 g/mol. The standard InChI is InChI=1S/C14H16N4S/c1-9(2)7-10-3-4-12-11(8-10)13(18-17-12)16-14-15-5-6-19-14/h3-6,8-9H,7H2,1-2H3,(H2,15,16,17,18). The smallest absolute Gasteiger partial charge is 0.188 e. The van der Waals surface area contributed by atoms with Gasteiger partial charge in [-0.3, -0.25) is 5.10 Å². The van der Waals surface area contributed by atoms with Gasteiger partial charge in [0, 0.05) is 17.0 Å². The summed E-state index contributed by atoms with van der Waals surface area (Å²) >= 11 is 1.57. The van der Waals surface area contributed by atoms with Gasteiger partial charge in [-0.2, -0.15) is 5.10 Å². The van der Waals surface area contributed by atoms with Crippen molar-refractivity contribution in [3.05, 3.63) is 35.3 Å². The molecule has 3 aromatic rings.